The fourth-order valence-corrected chi connectivity index (χ4v) is 2.32. The van der Waals surface area contributed by atoms with Crippen LogP contribution in [0.1, 0.15) is 39.4 Å². The van der Waals surface area contributed by atoms with Gasteiger partial charge in [0.05, 0.1) is 11.6 Å². The maximum Gasteiger partial charge on any atom is 0.132 e. The first-order valence-corrected chi connectivity index (χ1v) is 7.12. The zero-order chi connectivity index (χ0) is 14.2. The van der Waals surface area contributed by atoms with E-state index < -0.39 is 6.10 Å². The number of hydrogen-bond acceptors (Lipinski definition) is 3. The van der Waals surface area contributed by atoms with Gasteiger partial charge in [0.1, 0.15) is 5.82 Å². The third-order valence-electron chi connectivity index (χ3n) is 2.75. The Morgan fingerprint density at radius 3 is 2.53 bits per heavy atom. The second kappa shape index (κ2) is 5.10. The Balaban J connectivity index is 2.61. The maximum absolute atomic E-state index is 9.94. The van der Waals surface area contributed by atoms with Gasteiger partial charge >= 0.3 is 0 Å². The lowest BCUT2D eigenvalue weighted by atomic mass is 10.0. The molecule has 3 nitrogen and oxygen atoms in total. The number of aliphatic hydroxyl groups excluding tert-OH is 1. The highest BCUT2D eigenvalue weighted by molar-refractivity contribution is 9.10. The van der Waals surface area contributed by atoms with E-state index in [9.17, 15) is 5.11 Å². The number of nitrogens with one attached hydrogen (secondary N) is 1. The number of benzene rings is 1. The summed E-state index contributed by atoms with van der Waals surface area (Å²) in [5.74, 6) is 0.748. The molecule has 2 aromatic rings. The summed E-state index contributed by atoms with van der Waals surface area (Å²) in [7, 11) is 0. The van der Waals surface area contributed by atoms with Gasteiger partial charge in [-0.2, -0.15) is 0 Å². The highest BCUT2D eigenvalue weighted by Crippen LogP contribution is 2.29. The van der Waals surface area contributed by atoms with Crippen molar-refractivity contribution in [1.29, 1.82) is 0 Å². The molecule has 0 aliphatic heterocycles. The molecule has 102 valence electrons. The average Bonchev–Trinajstić information content (AvgIpc) is 2.26. The first kappa shape index (κ1) is 14.3. The third kappa shape index (κ3) is 3.45. The van der Waals surface area contributed by atoms with Gasteiger partial charge in [0, 0.05) is 21.0 Å². The normalized spacial score (nSPS) is 13.6. The van der Waals surface area contributed by atoms with Crippen LogP contribution in [0.4, 0.5) is 5.82 Å². The summed E-state index contributed by atoms with van der Waals surface area (Å²) in [6.07, 6.45) is -0.555. The number of fused-ring (bicyclic) bond motifs is 1. The predicted molar refractivity (Wildman–Crippen MR) is 83.5 cm³/mol. The van der Waals surface area contributed by atoms with Crippen molar-refractivity contribution in [3.05, 3.63) is 34.3 Å². The van der Waals surface area contributed by atoms with Crippen LogP contribution in [0.2, 0.25) is 0 Å². The van der Waals surface area contributed by atoms with Crippen LogP contribution in [0.15, 0.2) is 28.7 Å². The predicted octanol–water partition coefficient (Wildman–Crippen LogP) is 4.26. The van der Waals surface area contributed by atoms with E-state index in [1.165, 1.54) is 0 Å². The molecule has 0 saturated carbocycles. The van der Waals surface area contributed by atoms with Crippen molar-refractivity contribution >= 4 is 32.7 Å². The monoisotopic (exact) mass is 322 g/mol. The molecule has 0 aliphatic carbocycles. The zero-order valence-electron chi connectivity index (χ0n) is 11.7. The van der Waals surface area contributed by atoms with Crippen LogP contribution in [0.25, 0.3) is 10.9 Å². The minimum absolute atomic E-state index is 0.0975. The number of halogens is 1. The van der Waals surface area contributed by atoms with Crippen molar-refractivity contribution < 1.29 is 5.11 Å². The van der Waals surface area contributed by atoms with E-state index in [0.717, 1.165) is 26.8 Å². The van der Waals surface area contributed by atoms with E-state index in [1.807, 2.05) is 24.3 Å². The molecule has 0 spiro atoms. The quantitative estimate of drug-likeness (QED) is 0.868. The Labute approximate surface area is 122 Å². The van der Waals surface area contributed by atoms with Gasteiger partial charge in [-0.25, -0.2) is 4.98 Å². The van der Waals surface area contributed by atoms with Crippen molar-refractivity contribution in [2.45, 2.75) is 39.3 Å². The molecule has 1 heterocycles. The summed E-state index contributed by atoms with van der Waals surface area (Å²) in [5, 5.41) is 14.3. The van der Waals surface area contributed by atoms with E-state index >= 15 is 0 Å². The third-order valence-corrected chi connectivity index (χ3v) is 3.24. The Morgan fingerprint density at radius 1 is 1.26 bits per heavy atom. The molecule has 2 rings (SSSR count). The van der Waals surface area contributed by atoms with Crippen molar-refractivity contribution in [3.8, 4) is 0 Å². The molecule has 0 saturated heterocycles. The largest absolute Gasteiger partial charge is 0.389 e. The van der Waals surface area contributed by atoms with Crippen LogP contribution in [-0.2, 0) is 0 Å². The fourth-order valence-electron chi connectivity index (χ4n) is 1.94. The second-order valence-corrected chi connectivity index (χ2v) is 6.73. The van der Waals surface area contributed by atoms with E-state index in [4.69, 9.17) is 0 Å². The minimum atomic E-state index is -0.555. The number of aromatic nitrogens is 1. The lowest BCUT2D eigenvalue weighted by Crippen LogP contribution is -2.27. The molecule has 0 aliphatic rings. The van der Waals surface area contributed by atoms with Gasteiger partial charge in [-0.3, -0.25) is 0 Å². The molecule has 0 amide bonds. The number of rotatable bonds is 2. The molecule has 19 heavy (non-hydrogen) atoms. The zero-order valence-corrected chi connectivity index (χ0v) is 13.2. The van der Waals surface area contributed by atoms with E-state index in [1.54, 1.807) is 6.92 Å². The molecule has 0 radical (unpaired) electrons. The molecule has 2 N–H and O–H groups in total. The lowest BCUT2D eigenvalue weighted by Gasteiger charge is -2.24. The van der Waals surface area contributed by atoms with E-state index in [2.05, 4.69) is 47.0 Å². The summed E-state index contributed by atoms with van der Waals surface area (Å²) in [6, 6.07) is 7.94. The summed E-state index contributed by atoms with van der Waals surface area (Å²) in [6.45, 7) is 7.99. The van der Waals surface area contributed by atoms with Crippen LogP contribution < -0.4 is 5.32 Å². The lowest BCUT2D eigenvalue weighted by molar-refractivity contribution is 0.199. The van der Waals surface area contributed by atoms with E-state index in [0.29, 0.717) is 0 Å². The number of hydrogen-bond donors (Lipinski definition) is 2. The Hall–Kier alpha value is -1.13. The van der Waals surface area contributed by atoms with Gasteiger partial charge in [0.2, 0.25) is 0 Å². The van der Waals surface area contributed by atoms with Crippen molar-refractivity contribution in [1.82, 2.24) is 4.98 Å². The van der Waals surface area contributed by atoms with Crippen molar-refractivity contribution in [2.75, 3.05) is 5.32 Å². The standard InChI is InChI=1S/C15H19BrN2O/c1-9(19)12-8-10-7-11(16)5-6-13(10)17-14(12)18-15(2,3)4/h5-9,19H,1-4H3,(H,17,18). The molecular formula is C15H19BrN2O. The molecule has 4 heteroatoms. The van der Waals surface area contributed by atoms with Gasteiger partial charge in [-0.1, -0.05) is 15.9 Å². The Kier molecular flexibility index (Phi) is 3.83. The van der Waals surface area contributed by atoms with E-state index in [-0.39, 0.29) is 5.54 Å². The minimum Gasteiger partial charge on any atom is -0.389 e. The summed E-state index contributed by atoms with van der Waals surface area (Å²) in [4.78, 5) is 4.63. The first-order chi connectivity index (χ1) is 8.76. The second-order valence-electron chi connectivity index (χ2n) is 5.81. The number of aliphatic hydroxyl groups is 1. The highest BCUT2D eigenvalue weighted by atomic mass is 79.9. The molecule has 0 bridgehead atoms. The Morgan fingerprint density at radius 2 is 1.95 bits per heavy atom. The first-order valence-electron chi connectivity index (χ1n) is 6.33. The molecule has 1 aromatic carbocycles. The van der Waals surface area contributed by atoms with Gasteiger partial charge < -0.3 is 10.4 Å². The smallest absolute Gasteiger partial charge is 0.132 e. The van der Waals surface area contributed by atoms with Crippen LogP contribution in [-0.4, -0.2) is 15.6 Å². The Bertz CT molecular complexity index is 603. The summed E-state index contributed by atoms with van der Waals surface area (Å²) in [5.41, 5.74) is 1.64. The van der Waals surface area contributed by atoms with Gasteiger partial charge in [-0.05, 0) is 52.0 Å². The molecule has 1 atom stereocenters. The number of anilines is 1. The van der Waals surface area contributed by atoms with Crippen LogP contribution >= 0.6 is 15.9 Å². The van der Waals surface area contributed by atoms with Gasteiger partial charge in [-0.15, -0.1) is 0 Å². The molecule has 1 aromatic heterocycles. The number of pyridine rings is 1. The van der Waals surface area contributed by atoms with Crippen LogP contribution in [0.5, 0.6) is 0 Å². The van der Waals surface area contributed by atoms with Crippen LogP contribution in [0.3, 0.4) is 0 Å². The SMILES string of the molecule is CC(O)c1cc2cc(Br)ccc2nc1NC(C)(C)C. The molecular weight excluding hydrogens is 304 g/mol. The molecule has 0 fully saturated rings. The van der Waals surface area contributed by atoms with Crippen molar-refractivity contribution in [3.63, 3.8) is 0 Å². The number of nitrogens with zero attached hydrogens (tertiary/aromatic N) is 1. The fraction of sp³-hybridized carbons (Fsp3) is 0.400. The summed E-state index contributed by atoms with van der Waals surface area (Å²) < 4.78 is 1.01. The topological polar surface area (TPSA) is 45.2 Å². The average molecular weight is 323 g/mol. The van der Waals surface area contributed by atoms with Gasteiger partial charge in [0.15, 0.2) is 0 Å². The highest BCUT2D eigenvalue weighted by Gasteiger charge is 2.17. The maximum atomic E-state index is 9.94. The van der Waals surface area contributed by atoms with Crippen LogP contribution in [0, 0.1) is 0 Å². The van der Waals surface area contributed by atoms with Gasteiger partial charge in [0.25, 0.3) is 0 Å². The van der Waals surface area contributed by atoms with Crippen molar-refractivity contribution in [2.24, 2.45) is 0 Å². The summed E-state index contributed by atoms with van der Waals surface area (Å²) >= 11 is 3.46. The molecule has 1 unspecified atom stereocenters.